The lowest BCUT2D eigenvalue weighted by Crippen LogP contribution is -2.45. The zero-order valence-corrected chi connectivity index (χ0v) is 14.7. The van der Waals surface area contributed by atoms with Gasteiger partial charge in [-0.3, -0.25) is 4.79 Å². The highest BCUT2D eigenvalue weighted by Gasteiger charge is 2.15. The molecule has 0 bridgehead atoms. The molecule has 1 aromatic carbocycles. The van der Waals surface area contributed by atoms with E-state index in [0.29, 0.717) is 17.3 Å². The molecule has 1 fully saturated rings. The van der Waals surface area contributed by atoms with E-state index in [9.17, 15) is 4.79 Å². The summed E-state index contributed by atoms with van der Waals surface area (Å²) < 4.78 is 5.60. The van der Waals surface area contributed by atoms with Gasteiger partial charge >= 0.3 is 0 Å². The Hall–Kier alpha value is -1.30. The Balaban J connectivity index is 1.62. The second kappa shape index (κ2) is 9.11. The Morgan fingerprint density at radius 1 is 1.35 bits per heavy atom. The van der Waals surface area contributed by atoms with Crippen molar-refractivity contribution in [1.29, 1.82) is 0 Å². The number of nitrogens with one attached hydrogen (secondary N) is 1. The van der Waals surface area contributed by atoms with Gasteiger partial charge in [-0.05, 0) is 45.1 Å². The third-order valence-corrected chi connectivity index (χ3v) is 4.26. The van der Waals surface area contributed by atoms with E-state index in [4.69, 9.17) is 16.3 Å². The summed E-state index contributed by atoms with van der Waals surface area (Å²) in [5.74, 6) is 0.515. The number of ether oxygens (including phenoxy) is 1. The van der Waals surface area contributed by atoms with Crippen molar-refractivity contribution in [1.82, 2.24) is 15.1 Å². The maximum absolute atomic E-state index is 12.0. The van der Waals surface area contributed by atoms with Crippen molar-refractivity contribution >= 4 is 17.5 Å². The largest absolute Gasteiger partial charge is 0.481 e. The fraction of sp³-hybridized carbons (Fsp3) is 0.588. The Morgan fingerprint density at radius 3 is 2.78 bits per heavy atom. The van der Waals surface area contributed by atoms with Crippen LogP contribution in [0.15, 0.2) is 24.3 Å². The minimum Gasteiger partial charge on any atom is -0.481 e. The third kappa shape index (κ3) is 6.37. The van der Waals surface area contributed by atoms with Gasteiger partial charge in [0.1, 0.15) is 5.75 Å². The fourth-order valence-electron chi connectivity index (χ4n) is 2.53. The molecule has 0 spiro atoms. The van der Waals surface area contributed by atoms with Crippen LogP contribution in [0.5, 0.6) is 5.75 Å². The summed E-state index contributed by atoms with van der Waals surface area (Å²) in [6.45, 7) is 7.91. The quantitative estimate of drug-likeness (QED) is 0.770. The molecule has 128 valence electrons. The molecule has 0 saturated carbocycles. The van der Waals surface area contributed by atoms with Gasteiger partial charge < -0.3 is 19.9 Å². The highest BCUT2D eigenvalue weighted by atomic mass is 35.5. The number of hydrogen-bond donors (Lipinski definition) is 1. The molecule has 0 aliphatic carbocycles. The zero-order valence-electron chi connectivity index (χ0n) is 13.9. The van der Waals surface area contributed by atoms with Gasteiger partial charge in [0, 0.05) is 37.7 Å². The van der Waals surface area contributed by atoms with E-state index >= 15 is 0 Å². The molecule has 1 aliphatic heterocycles. The number of carbonyl (C=O) groups is 1. The van der Waals surface area contributed by atoms with Crippen LogP contribution in [-0.4, -0.2) is 68.1 Å². The standard InChI is InChI=1S/C17H26ClN3O2/c1-14(23-16-6-3-5-15(18)13-16)17(22)19-7-4-8-21-11-9-20(2)10-12-21/h3,5-6,13-14H,4,7-12H2,1-2H3,(H,19,22)/t14-/m1/s1. The summed E-state index contributed by atoms with van der Waals surface area (Å²) in [5.41, 5.74) is 0. The molecule has 6 heteroatoms. The van der Waals surface area contributed by atoms with Gasteiger partial charge in [0.15, 0.2) is 6.10 Å². The van der Waals surface area contributed by atoms with Crippen LogP contribution in [0, 0.1) is 0 Å². The lowest BCUT2D eigenvalue weighted by atomic mass is 10.3. The lowest BCUT2D eigenvalue weighted by Gasteiger charge is -2.32. The molecule has 0 aromatic heterocycles. The Morgan fingerprint density at radius 2 is 2.09 bits per heavy atom. The second-order valence-electron chi connectivity index (χ2n) is 6.01. The first-order valence-electron chi connectivity index (χ1n) is 8.15. The van der Waals surface area contributed by atoms with E-state index in [2.05, 4.69) is 22.2 Å². The van der Waals surface area contributed by atoms with Gasteiger partial charge in [-0.15, -0.1) is 0 Å². The van der Waals surface area contributed by atoms with Crippen LogP contribution in [0.4, 0.5) is 0 Å². The second-order valence-corrected chi connectivity index (χ2v) is 6.44. The Labute approximate surface area is 143 Å². The van der Waals surface area contributed by atoms with Crippen LogP contribution >= 0.6 is 11.6 Å². The number of piperazine rings is 1. The average molecular weight is 340 g/mol. The van der Waals surface area contributed by atoms with Crippen molar-refractivity contribution in [2.24, 2.45) is 0 Å². The first-order valence-corrected chi connectivity index (χ1v) is 8.53. The predicted molar refractivity (Wildman–Crippen MR) is 93.1 cm³/mol. The van der Waals surface area contributed by atoms with Crippen molar-refractivity contribution in [3.8, 4) is 5.75 Å². The number of hydrogen-bond acceptors (Lipinski definition) is 4. The van der Waals surface area contributed by atoms with Gasteiger partial charge in [-0.2, -0.15) is 0 Å². The number of rotatable bonds is 7. The van der Waals surface area contributed by atoms with E-state index in [1.165, 1.54) is 0 Å². The molecule has 5 nitrogen and oxygen atoms in total. The molecule has 1 atom stereocenters. The minimum absolute atomic E-state index is 0.0941. The highest BCUT2D eigenvalue weighted by molar-refractivity contribution is 6.30. The topological polar surface area (TPSA) is 44.8 Å². The highest BCUT2D eigenvalue weighted by Crippen LogP contribution is 2.18. The summed E-state index contributed by atoms with van der Waals surface area (Å²) >= 11 is 5.90. The molecule has 2 rings (SSSR count). The van der Waals surface area contributed by atoms with Crippen molar-refractivity contribution in [3.63, 3.8) is 0 Å². The van der Waals surface area contributed by atoms with Crippen molar-refractivity contribution in [2.45, 2.75) is 19.4 Å². The number of nitrogens with zero attached hydrogens (tertiary/aromatic N) is 2. The smallest absolute Gasteiger partial charge is 0.260 e. The lowest BCUT2D eigenvalue weighted by molar-refractivity contribution is -0.127. The maximum atomic E-state index is 12.0. The summed E-state index contributed by atoms with van der Waals surface area (Å²) in [5, 5.41) is 3.53. The molecule has 23 heavy (non-hydrogen) atoms. The number of amides is 1. The molecule has 1 aliphatic rings. The summed E-state index contributed by atoms with van der Waals surface area (Å²) in [6, 6.07) is 7.08. The molecule has 0 unspecified atom stereocenters. The predicted octanol–water partition coefficient (Wildman–Crippen LogP) is 1.86. The first kappa shape index (κ1) is 18.0. The van der Waals surface area contributed by atoms with E-state index in [0.717, 1.165) is 39.1 Å². The average Bonchev–Trinajstić information content (AvgIpc) is 2.53. The normalized spacial score (nSPS) is 17.7. The van der Waals surface area contributed by atoms with Crippen molar-refractivity contribution < 1.29 is 9.53 Å². The first-order chi connectivity index (χ1) is 11.0. The van der Waals surface area contributed by atoms with Gasteiger partial charge in [0.05, 0.1) is 0 Å². The number of benzene rings is 1. The van der Waals surface area contributed by atoms with Crippen LogP contribution in [0.2, 0.25) is 5.02 Å². The van der Waals surface area contributed by atoms with Crippen molar-refractivity contribution in [2.75, 3.05) is 46.3 Å². The Kier molecular flexibility index (Phi) is 7.15. The molecule has 1 saturated heterocycles. The third-order valence-electron chi connectivity index (χ3n) is 4.02. The van der Waals surface area contributed by atoms with Gasteiger partial charge in [0.25, 0.3) is 5.91 Å². The maximum Gasteiger partial charge on any atom is 0.260 e. The van der Waals surface area contributed by atoms with Crippen molar-refractivity contribution in [3.05, 3.63) is 29.3 Å². The summed E-state index contributed by atoms with van der Waals surface area (Å²) in [6.07, 6.45) is 0.427. The summed E-state index contributed by atoms with van der Waals surface area (Å²) in [7, 11) is 2.15. The van der Waals surface area contributed by atoms with Crippen LogP contribution in [0.1, 0.15) is 13.3 Å². The van der Waals surface area contributed by atoms with Gasteiger partial charge in [-0.25, -0.2) is 0 Å². The fourth-order valence-corrected chi connectivity index (χ4v) is 2.71. The molecule has 1 amide bonds. The number of halogens is 1. The van der Waals surface area contributed by atoms with Gasteiger partial charge in [0.2, 0.25) is 0 Å². The number of carbonyl (C=O) groups excluding carboxylic acids is 1. The van der Waals surface area contributed by atoms with E-state index in [1.807, 2.05) is 0 Å². The molecule has 0 radical (unpaired) electrons. The minimum atomic E-state index is -0.530. The zero-order chi connectivity index (χ0) is 16.7. The molecular weight excluding hydrogens is 314 g/mol. The van der Waals surface area contributed by atoms with Crippen LogP contribution in [-0.2, 0) is 4.79 Å². The monoisotopic (exact) mass is 339 g/mol. The Bertz CT molecular complexity index is 504. The molecular formula is C17H26ClN3O2. The van der Waals surface area contributed by atoms with Crippen LogP contribution in [0.3, 0.4) is 0 Å². The van der Waals surface area contributed by atoms with E-state index in [-0.39, 0.29) is 5.91 Å². The van der Waals surface area contributed by atoms with E-state index in [1.54, 1.807) is 31.2 Å². The molecule has 1 aromatic rings. The molecule has 1 N–H and O–H groups in total. The van der Waals surface area contributed by atoms with Gasteiger partial charge in [-0.1, -0.05) is 17.7 Å². The number of likely N-dealkylation sites (N-methyl/N-ethyl adjacent to an activating group) is 1. The van der Waals surface area contributed by atoms with Crippen LogP contribution < -0.4 is 10.1 Å². The SMILES string of the molecule is C[C@@H](Oc1cccc(Cl)c1)C(=O)NCCCN1CCN(C)CC1. The van der Waals surface area contributed by atoms with Crippen LogP contribution in [0.25, 0.3) is 0 Å². The molecule has 1 heterocycles. The summed E-state index contributed by atoms with van der Waals surface area (Å²) in [4.78, 5) is 16.8. The van der Waals surface area contributed by atoms with E-state index < -0.39 is 6.10 Å².